The van der Waals surface area contributed by atoms with E-state index in [1.54, 1.807) is 29.8 Å². The lowest BCUT2D eigenvalue weighted by molar-refractivity contribution is -0.113. The highest BCUT2D eigenvalue weighted by Gasteiger charge is 2.28. The summed E-state index contributed by atoms with van der Waals surface area (Å²) in [4.78, 5) is 26.0. The van der Waals surface area contributed by atoms with Gasteiger partial charge in [-0.3, -0.25) is 4.79 Å². The van der Waals surface area contributed by atoms with Gasteiger partial charge in [-0.2, -0.15) is 0 Å². The Labute approximate surface area is 208 Å². The summed E-state index contributed by atoms with van der Waals surface area (Å²) < 4.78 is 12.4. The van der Waals surface area contributed by atoms with E-state index in [0.29, 0.717) is 37.3 Å². The van der Waals surface area contributed by atoms with E-state index in [0.717, 1.165) is 29.7 Å². The Morgan fingerprint density at radius 1 is 1.27 bits per heavy atom. The van der Waals surface area contributed by atoms with Gasteiger partial charge in [0.15, 0.2) is 11.0 Å². The molecule has 4 rings (SSSR count). The maximum atomic E-state index is 12.6. The number of esters is 1. The molecule has 0 saturated heterocycles. The minimum Gasteiger partial charge on any atom is -0.484 e. The number of carbonyl (C=O) groups is 2. The normalized spacial score (nSPS) is 12.5. The van der Waals surface area contributed by atoms with Crippen LogP contribution >= 0.6 is 46.3 Å². The van der Waals surface area contributed by atoms with Crippen LogP contribution in [0.25, 0.3) is 0 Å². The van der Waals surface area contributed by atoms with E-state index in [1.807, 2.05) is 0 Å². The maximum Gasteiger partial charge on any atom is 0.341 e. The first-order valence-corrected chi connectivity index (χ1v) is 12.5. The fraction of sp³-hybridized carbons (Fsp3) is 0.333. The highest BCUT2D eigenvalue weighted by atomic mass is 35.5. The van der Waals surface area contributed by atoms with Gasteiger partial charge in [0, 0.05) is 16.9 Å². The van der Waals surface area contributed by atoms with Crippen molar-refractivity contribution in [1.82, 2.24) is 14.8 Å². The van der Waals surface area contributed by atoms with Crippen LogP contribution in [0.1, 0.15) is 33.0 Å². The molecule has 0 saturated carbocycles. The van der Waals surface area contributed by atoms with Crippen molar-refractivity contribution in [1.29, 1.82) is 0 Å². The van der Waals surface area contributed by atoms with Crippen molar-refractivity contribution in [3.63, 3.8) is 0 Å². The molecule has 1 amide bonds. The first kappa shape index (κ1) is 23.9. The molecule has 0 unspecified atom stereocenters. The van der Waals surface area contributed by atoms with Gasteiger partial charge >= 0.3 is 5.97 Å². The number of halogens is 2. The van der Waals surface area contributed by atoms with Crippen molar-refractivity contribution in [3.8, 4) is 5.75 Å². The first-order valence-electron chi connectivity index (χ1n) is 9.99. The van der Waals surface area contributed by atoms with Gasteiger partial charge in [-0.05, 0) is 43.0 Å². The predicted molar refractivity (Wildman–Crippen MR) is 129 cm³/mol. The second-order valence-corrected chi connectivity index (χ2v) is 10.1. The summed E-state index contributed by atoms with van der Waals surface area (Å²) in [6, 6.07) is 4.97. The third-order valence-corrected chi connectivity index (χ3v) is 7.83. The van der Waals surface area contributed by atoms with Crippen LogP contribution in [-0.2, 0) is 36.0 Å². The standard InChI is InChI=1S/C21H20Cl2N4O4S2/c1-27-16(9-31-14-7-6-11(22)8-13(14)23)25-26-21(27)32-10-17(28)24-19-18(20(29)30-2)12-4-3-5-15(12)33-19/h6-8H,3-5,9-10H2,1-2H3,(H,24,28). The van der Waals surface area contributed by atoms with Crippen molar-refractivity contribution >= 4 is 63.2 Å². The van der Waals surface area contributed by atoms with Crippen LogP contribution in [-0.4, -0.2) is 39.5 Å². The number of methoxy groups -OCH3 is 1. The molecule has 0 atom stereocenters. The van der Waals surface area contributed by atoms with Crippen LogP contribution in [0.3, 0.4) is 0 Å². The van der Waals surface area contributed by atoms with E-state index in [9.17, 15) is 9.59 Å². The van der Waals surface area contributed by atoms with Crippen molar-refractivity contribution < 1.29 is 19.1 Å². The molecule has 1 aromatic carbocycles. The van der Waals surface area contributed by atoms with Crippen LogP contribution in [0.5, 0.6) is 5.75 Å². The summed E-state index contributed by atoms with van der Waals surface area (Å²) >= 11 is 14.7. The van der Waals surface area contributed by atoms with Crippen LogP contribution in [0, 0.1) is 0 Å². The number of thioether (sulfide) groups is 1. The monoisotopic (exact) mass is 526 g/mol. The summed E-state index contributed by atoms with van der Waals surface area (Å²) in [5.74, 6) is 0.516. The molecule has 12 heteroatoms. The topological polar surface area (TPSA) is 95.3 Å². The number of ether oxygens (including phenoxy) is 2. The molecule has 2 heterocycles. The van der Waals surface area contributed by atoms with E-state index in [-0.39, 0.29) is 18.3 Å². The zero-order valence-corrected chi connectivity index (χ0v) is 21.0. The predicted octanol–water partition coefficient (Wildman–Crippen LogP) is 4.77. The molecule has 1 N–H and O–H groups in total. The fourth-order valence-corrected chi connectivity index (χ4v) is 5.92. The van der Waals surface area contributed by atoms with Crippen molar-refractivity contribution in [3.05, 3.63) is 50.1 Å². The van der Waals surface area contributed by atoms with Crippen LogP contribution < -0.4 is 10.1 Å². The third kappa shape index (κ3) is 5.29. The van der Waals surface area contributed by atoms with Gasteiger partial charge in [0.2, 0.25) is 5.91 Å². The van der Waals surface area contributed by atoms with Gasteiger partial charge in [0.25, 0.3) is 0 Å². The molecule has 0 radical (unpaired) electrons. The number of aryl methyl sites for hydroxylation is 1. The molecular formula is C21H20Cl2N4O4S2. The summed E-state index contributed by atoms with van der Waals surface area (Å²) in [5, 5.41) is 13.2. The lowest BCUT2D eigenvalue weighted by Gasteiger charge is -2.08. The van der Waals surface area contributed by atoms with Gasteiger partial charge in [0.1, 0.15) is 17.4 Å². The Morgan fingerprint density at radius 2 is 2.09 bits per heavy atom. The number of benzene rings is 1. The summed E-state index contributed by atoms with van der Waals surface area (Å²) in [6.07, 6.45) is 2.75. The van der Waals surface area contributed by atoms with E-state index < -0.39 is 5.97 Å². The molecule has 3 aromatic rings. The van der Waals surface area contributed by atoms with Gasteiger partial charge in [-0.1, -0.05) is 35.0 Å². The minimum absolute atomic E-state index is 0.110. The van der Waals surface area contributed by atoms with E-state index in [2.05, 4.69) is 15.5 Å². The second kappa shape index (κ2) is 10.3. The van der Waals surface area contributed by atoms with Crippen LogP contribution in [0.4, 0.5) is 5.00 Å². The minimum atomic E-state index is -0.420. The molecule has 174 valence electrons. The van der Waals surface area contributed by atoms with E-state index >= 15 is 0 Å². The quantitative estimate of drug-likeness (QED) is 0.333. The average Bonchev–Trinajstić information content (AvgIpc) is 3.46. The molecular weight excluding hydrogens is 507 g/mol. The zero-order chi connectivity index (χ0) is 23.5. The molecule has 33 heavy (non-hydrogen) atoms. The number of rotatable bonds is 8. The number of nitrogens with one attached hydrogen (secondary N) is 1. The summed E-state index contributed by atoms with van der Waals surface area (Å²) in [5.41, 5.74) is 1.47. The van der Waals surface area contributed by atoms with Gasteiger partial charge in [-0.25, -0.2) is 4.79 Å². The molecule has 0 bridgehead atoms. The molecule has 1 aliphatic rings. The maximum absolute atomic E-state index is 12.6. The number of aromatic nitrogens is 3. The Balaban J connectivity index is 1.36. The van der Waals surface area contributed by atoms with Crippen molar-refractivity contribution in [2.24, 2.45) is 7.05 Å². The number of amides is 1. The molecule has 0 fully saturated rings. The van der Waals surface area contributed by atoms with Gasteiger partial charge < -0.3 is 19.4 Å². The highest BCUT2D eigenvalue weighted by Crippen LogP contribution is 2.39. The van der Waals surface area contributed by atoms with Crippen molar-refractivity contribution in [2.45, 2.75) is 31.0 Å². The average molecular weight is 527 g/mol. The summed E-state index contributed by atoms with van der Waals surface area (Å²) in [6.45, 7) is 0.154. The summed E-state index contributed by atoms with van der Waals surface area (Å²) in [7, 11) is 3.14. The second-order valence-electron chi connectivity index (χ2n) is 7.21. The third-order valence-electron chi connectivity index (χ3n) is 5.07. The molecule has 0 spiro atoms. The lowest BCUT2D eigenvalue weighted by Crippen LogP contribution is -2.16. The Morgan fingerprint density at radius 3 is 2.85 bits per heavy atom. The molecule has 2 aromatic heterocycles. The van der Waals surface area contributed by atoms with E-state index in [1.165, 1.54) is 30.2 Å². The molecule has 0 aliphatic heterocycles. The number of thiophene rings is 1. The largest absolute Gasteiger partial charge is 0.484 e. The smallest absolute Gasteiger partial charge is 0.341 e. The van der Waals surface area contributed by atoms with E-state index in [4.69, 9.17) is 32.7 Å². The van der Waals surface area contributed by atoms with Gasteiger partial charge in [0.05, 0.1) is 23.4 Å². The SMILES string of the molecule is COC(=O)c1c(NC(=O)CSc2nnc(COc3ccc(Cl)cc3Cl)n2C)sc2c1CCC2. The molecule has 1 aliphatic carbocycles. The fourth-order valence-electron chi connectivity index (χ4n) is 3.43. The number of anilines is 1. The van der Waals surface area contributed by atoms with Gasteiger partial charge in [-0.15, -0.1) is 21.5 Å². The lowest BCUT2D eigenvalue weighted by atomic mass is 10.1. The first-order chi connectivity index (χ1) is 15.9. The van der Waals surface area contributed by atoms with Crippen LogP contribution in [0.2, 0.25) is 10.0 Å². The number of nitrogens with zero attached hydrogens (tertiary/aromatic N) is 3. The number of fused-ring (bicyclic) bond motifs is 1. The molecule has 8 nitrogen and oxygen atoms in total. The van der Waals surface area contributed by atoms with Crippen molar-refractivity contribution in [2.75, 3.05) is 18.2 Å². The Bertz CT molecular complexity index is 1210. The number of hydrogen-bond acceptors (Lipinski definition) is 8. The van der Waals surface area contributed by atoms with Crippen LogP contribution in [0.15, 0.2) is 23.4 Å². The Kier molecular flexibility index (Phi) is 7.48. The number of carbonyl (C=O) groups excluding carboxylic acids is 2. The highest BCUT2D eigenvalue weighted by molar-refractivity contribution is 7.99. The number of hydrogen-bond donors (Lipinski definition) is 1. The Hall–Kier alpha value is -2.27. The zero-order valence-electron chi connectivity index (χ0n) is 17.8.